The predicted molar refractivity (Wildman–Crippen MR) is 104 cm³/mol. The fraction of sp³-hybridized carbons (Fsp3) is 0.333. The summed E-state index contributed by atoms with van der Waals surface area (Å²) in [5.41, 5.74) is 2.71. The molecule has 2 unspecified atom stereocenters. The van der Waals surface area contributed by atoms with Crippen molar-refractivity contribution in [3.63, 3.8) is 0 Å². The number of nitrogens with one attached hydrogen (secondary N) is 3. The van der Waals surface area contributed by atoms with Gasteiger partial charge in [-0.15, -0.1) is 0 Å². The molecule has 1 aliphatic heterocycles. The lowest BCUT2D eigenvalue weighted by Gasteiger charge is -2.30. The van der Waals surface area contributed by atoms with E-state index in [0.717, 1.165) is 24.9 Å². The molecule has 5 heteroatoms. The van der Waals surface area contributed by atoms with E-state index in [1.54, 1.807) is 24.3 Å². The van der Waals surface area contributed by atoms with Crippen LogP contribution in [-0.4, -0.2) is 30.4 Å². The predicted octanol–water partition coefficient (Wildman–Crippen LogP) is 3.12. The quantitative estimate of drug-likeness (QED) is 0.793. The van der Waals surface area contributed by atoms with E-state index in [1.165, 1.54) is 0 Å². The third-order valence-corrected chi connectivity index (χ3v) is 4.86. The highest BCUT2D eigenvalue weighted by Gasteiger charge is 2.23. The molecule has 0 spiro atoms. The summed E-state index contributed by atoms with van der Waals surface area (Å²) in [7, 11) is 0. The van der Waals surface area contributed by atoms with Gasteiger partial charge in [-0.05, 0) is 63.1 Å². The van der Waals surface area contributed by atoms with E-state index in [1.807, 2.05) is 31.2 Å². The summed E-state index contributed by atoms with van der Waals surface area (Å²) in [6.45, 7) is 4.99. The average molecular weight is 351 g/mol. The third kappa shape index (κ3) is 4.29. The van der Waals surface area contributed by atoms with Gasteiger partial charge in [0.1, 0.15) is 0 Å². The van der Waals surface area contributed by atoms with Crippen LogP contribution in [0.25, 0.3) is 0 Å². The molecule has 2 aromatic rings. The second-order valence-electron chi connectivity index (χ2n) is 6.81. The van der Waals surface area contributed by atoms with E-state index in [0.29, 0.717) is 16.8 Å². The van der Waals surface area contributed by atoms with Crippen LogP contribution in [0.3, 0.4) is 0 Å². The van der Waals surface area contributed by atoms with Crippen LogP contribution in [0, 0.1) is 6.92 Å². The number of hydrogen-bond donors (Lipinski definition) is 3. The van der Waals surface area contributed by atoms with Crippen LogP contribution in [-0.2, 0) is 0 Å². The van der Waals surface area contributed by atoms with Crippen LogP contribution in [0.1, 0.15) is 46.0 Å². The molecule has 2 aromatic carbocycles. The number of carbonyl (C=O) groups excluding carboxylic acids is 2. The highest BCUT2D eigenvalue weighted by molar-refractivity contribution is 6.05. The Morgan fingerprint density at radius 2 is 1.81 bits per heavy atom. The molecule has 0 aromatic heterocycles. The lowest BCUT2D eigenvalue weighted by molar-refractivity contribution is 0.0919. The van der Waals surface area contributed by atoms with E-state index < -0.39 is 0 Å². The fourth-order valence-electron chi connectivity index (χ4n) is 3.17. The van der Waals surface area contributed by atoms with Gasteiger partial charge < -0.3 is 16.0 Å². The van der Waals surface area contributed by atoms with Gasteiger partial charge in [0.05, 0.1) is 0 Å². The number of aryl methyl sites for hydroxylation is 1. The summed E-state index contributed by atoms with van der Waals surface area (Å²) in [6, 6.07) is 14.8. The number of rotatable bonds is 4. The lowest BCUT2D eigenvalue weighted by atomic mass is 9.99. The van der Waals surface area contributed by atoms with Gasteiger partial charge in [0.2, 0.25) is 0 Å². The normalized spacial score (nSPS) is 19.6. The first kappa shape index (κ1) is 18.1. The van der Waals surface area contributed by atoms with Crippen molar-refractivity contribution < 1.29 is 9.59 Å². The number of amides is 2. The number of piperidine rings is 1. The van der Waals surface area contributed by atoms with Crippen molar-refractivity contribution >= 4 is 17.5 Å². The van der Waals surface area contributed by atoms with Crippen molar-refractivity contribution in [2.75, 3.05) is 11.9 Å². The van der Waals surface area contributed by atoms with Crippen LogP contribution >= 0.6 is 0 Å². The zero-order chi connectivity index (χ0) is 18.5. The molecule has 0 radical (unpaired) electrons. The molecule has 26 heavy (non-hydrogen) atoms. The first-order chi connectivity index (χ1) is 12.5. The Bertz CT molecular complexity index is 789. The molecule has 1 saturated heterocycles. The van der Waals surface area contributed by atoms with Crippen molar-refractivity contribution in [2.45, 2.75) is 38.8 Å². The van der Waals surface area contributed by atoms with Gasteiger partial charge in [-0.25, -0.2) is 0 Å². The monoisotopic (exact) mass is 351 g/mol. The van der Waals surface area contributed by atoms with Crippen LogP contribution in [0.2, 0.25) is 0 Å². The number of benzene rings is 2. The minimum Gasteiger partial charge on any atom is -0.348 e. The minimum atomic E-state index is -0.184. The number of hydrogen-bond acceptors (Lipinski definition) is 3. The van der Waals surface area contributed by atoms with Gasteiger partial charge >= 0.3 is 0 Å². The van der Waals surface area contributed by atoms with Crippen molar-refractivity contribution in [3.05, 3.63) is 65.2 Å². The van der Waals surface area contributed by atoms with Gasteiger partial charge in [0.15, 0.2) is 0 Å². The Labute approximate surface area is 154 Å². The molecular weight excluding hydrogens is 326 g/mol. The van der Waals surface area contributed by atoms with Crippen LogP contribution in [0.4, 0.5) is 5.69 Å². The van der Waals surface area contributed by atoms with Gasteiger partial charge in [0, 0.05) is 28.9 Å². The zero-order valence-corrected chi connectivity index (χ0v) is 15.2. The highest BCUT2D eigenvalue weighted by atomic mass is 16.2. The maximum absolute atomic E-state index is 12.6. The maximum atomic E-state index is 12.6. The zero-order valence-electron chi connectivity index (χ0n) is 15.2. The van der Waals surface area contributed by atoms with Gasteiger partial charge in [-0.2, -0.15) is 0 Å². The minimum absolute atomic E-state index is 0.110. The molecule has 3 N–H and O–H groups in total. The molecule has 5 nitrogen and oxygen atoms in total. The Kier molecular flexibility index (Phi) is 5.68. The summed E-state index contributed by atoms with van der Waals surface area (Å²) in [6.07, 6.45) is 2.03. The van der Waals surface area contributed by atoms with Crippen LogP contribution in [0.15, 0.2) is 48.5 Å². The second kappa shape index (κ2) is 8.15. The lowest BCUT2D eigenvalue weighted by Crippen LogP contribution is -2.51. The molecule has 1 heterocycles. The number of carbonyl (C=O) groups is 2. The van der Waals surface area contributed by atoms with Crippen LogP contribution < -0.4 is 16.0 Å². The molecular formula is C21H25N3O2. The van der Waals surface area contributed by atoms with Gasteiger partial charge in [-0.1, -0.05) is 24.3 Å². The van der Waals surface area contributed by atoms with Crippen molar-refractivity contribution in [1.82, 2.24) is 10.6 Å². The summed E-state index contributed by atoms with van der Waals surface area (Å²) in [4.78, 5) is 25.0. The average Bonchev–Trinajstić information content (AvgIpc) is 2.66. The maximum Gasteiger partial charge on any atom is 0.255 e. The first-order valence-electron chi connectivity index (χ1n) is 9.06. The van der Waals surface area contributed by atoms with E-state index in [2.05, 4.69) is 22.9 Å². The molecule has 2 atom stereocenters. The van der Waals surface area contributed by atoms with Crippen molar-refractivity contribution in [1.29, 1.82) is 0 Å². The summed E-state index contributed by atoms with van der Waals surface area (Å²) in [5, 5.41) is 9.39. The molecule has 136 valence electrons. The van der Waals surface area contributed by atoms with Crippen LogP contribution in [0.5, 0.6) is 0 Å². The van der Waals surface area contributed by atoms with Gasteiger partial charge in [0.25, 0.3) is 11.8 Å². The summed E-state index contributed by atoms with van der Waals surface area (Å²) < 4.78 is 0. The first-order valence-corrected chi connectivity index (χ1v) is 9.06. The SMILES string of the molecule is Cc1ccc(C(=O)NC2CCCNC2C)cc1NC(=O)c1ccccc1. The molecule has 0 saturated carbocycles. The summed E-state index contributed by atoms with van der Waals surface area (Å²) >= 11 is 0. The fourth-order valence-corrected chi connectivity index (χ4v) is 3.17. The largest absolute Gasteiger partial charge is 0.348 e. The Morgan fingerprint density at radius 1 is 1.04 bits per heavy atom. The molecule has 1 fully saturated rings. The Hall–Kier alpha value is -2.66. The third-order valence-electron chi connectivity index (χ3n) is 4.86. The van der Waals surface area contributed by atoms with Gasteiger partial charge in [-0.3, -0.25) is 9.59 Å². The van der Waals surface area contributed by atoms with E-state index in [4.69, 9.17) is 0 Å². The highest BCUT2D eigenvalue weighted by Crippen LogP contribution is 2.19. The topological polar surface area (TPSA) is 70.2 Å². The van der Waals surface area contributed by atoms with E-state index in [9.17, 15) is 9.59 Å². The smallest absolute Gasteiger partial charge is 0.255 e. The van der Waals surface area contributed by atoms with Crippen molar-refractivity contribution in [3.8, 4) is 0 Å². The molecule has 1 aliphatic rings. The van der Waals surface area contributed by atoms with E-state index in [-0.39, 0.29) is 23.9 Å². The van der Waals surface area contributed by atoms with E-state index >= 15 is 0 Å². The summed E-state index contributed by atoms with van der Waals surface area (Å²) in [5.74, 6) is -0.294. The second-order valence-corrected chi connectivity index (χ2v) is 6.81. The Balaban J connectivity index is 1.72. The molecule has 0 bridgehead atoms. The standard InChI is InChI=1S/C21H25N3O2/c1-14-10-11-17(21(26)23-18-9-6-12-22-15(18)2)13-19(14)24-20(25)16-7-4-3-5-8-16/h3-5,7-8,10-11,13,15,18,22H,6,9,12H2,1-2H3,(H,23,26)(H,24,25). The number of anilines is 1. The molecule has 2 amide bonds. The van der Waals surface area contributed by atoms with Crippen molar-refractivity contribution in [2.24, 2.45) is 0 Å². The molecule has 0 aliphatic carbocycles. The Morgan fingerprint density at radius 3 is 2.54 bits per heavy atom. The molecule has 3 rings (SSSR count).